The van der Waals surface area contributed by atoms with Gasteiger partial charge in [-0.3, -0.25) is 9.36 Å². The van der Waals surface area contributed by atoms with Gasteiger partial charge in [0, 0.05) is 24.2 Å². The summed E-state index contributed by atoms with van der Waals surface area (Å²) in [6.45, 7) is 0. The van der Waals surface area contributed by atoms with E-state index in [1.54, 1.807) is 35.4 Å². The fourth-order valence-corrected chi connectivity index (χ4v) is 1.11. The summed E-state index contributed by atoms with van der Waals surface area (Å²) < 4.78 is 1.70. The number of carbonyl (C=O) groups excluding carboxylic acids is 1. The number of nitrogens with two attached hydrogens (primary N) is 1. The summed E-state index contributed by atoms with van der Waals surface area (Å²) in [4.78, 5) is 18.9. The molecule has 1 amide bonds. The maximum Gasteiger partial charge on any atom is 0.248 e. The number of amides is 1. The average Bonchev–Trinajstić information content (AvgIpc) is 2.71. The summed E-state index contributed by atoms with van der Waals surface area (Å²) in [5, 5.41) is 0. The molecule has 14 heavy (non-hydrogen) atoms. The number of primary amides is 1. The molecule has 2 N–H and O–H groups in total. The van der Waals surface area contributed by atoms with Gasteiger partial charge in [-0.1, -0.05) is 0 Å². The van der Waals surface area contributed by atoms with Crippen molar-refractivity contribution in [2.45, 2.75) is 0 Å². The third-order valence-electron chi connectivity index (χ3n) is 1.80. The van der Waals surface area contributed by atoms with Crippen LogP contribution in [0.5, 0.6) is 0 Å². The minimum atomic E-state index is -0.464. The Balaban J connectivity index is 2.46. The quantitative estimate of drug-likeness (QED) is 0.739. The highest BCUT2D eigenvalue weighted by Gasteiger charge is 2.02. The fraction of sp³-hybridized carbons (Fsp3) is 0. The van der Waals surface area contributed by atoms with Crippen molar-refractivity contribution >= 4 is 5.91 Å². The molecule has 0 radical (unpaired) electrons. The van der Waals surface area contributed by atoms with Gasteiger partial charge in [-0.2, -0.15) is 0 Å². The van der Waals surface area contributed by atoms with Crippen molar-refractivity contribution < 1.29 is 4.79 Å². The van der Waals surface area contributed by atoms with Gasteiger partial charge < -0.3 is 5.73 Å². The fourth-order valence-electron chi connectivity index (χ4n) is 1.11. The predicted molar refractivity (Wildman–Crippen MR) is 49.9 cm³/mol. The van der Waals surface area contributed by atoms with Gasteiger partial charge in [0.2, 0.25) is 5.91 Å². The normalized spacial score (nSPS) is 10.0. The summed E-state index contributed by atoms with van der Waals surface area (Å²) in [5.41, 5.74) is 5.58. The Labute approximate surface area is 80.2 Å². The molecule has 2 rings (SSSR count). The smallest absolute Gasteiger partial charge is 0.248 e. The largest absolute Gasteiger partial charge is 0.366 e. The van der Waals surface area contributed by atoms with Gasteiger partial charge in [0.15, 0.2) is 0 Å². The van der Waals surface area contributed by atoms with Crippen molar-refractivity contribution in [3.63, 3.8) is 0 Å². The van der Waals surface area contributed by atoms with Crippen LogP contribution in [0.25, 0.3) is 5.82 Å². The maximum absolute atomic E-state index is 10.9. The first-order chi connectivity index (χ1) is 6.77. The molecule has 5 nitrogen and oxygen atoms in total. The predicted octanol–water partition coefficient (Wildman–Crippen LogP) is 0.366. The van der Waals surface area contributed by atoms with E-state index in [-0.39, 0.29) is 0 Å². The second-order valence-corrected chi connectivity index (χ2v) is 2.74. The summed E-state index contributed by atoms with van der Waals surface area (Å²) in [5.74, 6) is 0.160. The Kier molecular flexibility index (Phi) is 1.98. The van der Waals surface area contributed by atoms with Crippen molar-refractivity contribution in [3.05, 3.63) is 42.6 Å². The molecular weight excluding hydrogens is 180 g/mol. The third-order valence-corrected chi connectivity index (χ3v) is 1.80. The highest BCUT2D eigenvalue weighted by molar-refractivity contribution is 5.93. The lowest BCUT2D eigenvalue weighted by Gasteiger charge is -2.01. The number of rotatable bonds is 2. The van der Waals surface area contributed by atoms with Crippen molar-refractivity contribution in [1.29, 1.82) is 0 Å². The number of carbonyl (C=O) groups is 1. The molecule has 0 saturated heterocycles. The number of imidazole rings is 1. The summed E-state index contributed by atoms with van der Waals surface area (Å²) in [6.07, 6.45) is 6.52. The minimum Gasteiger partial charge on any atom is -0.366 e. The highest BCUT2D eigenvalue weighted by atomic mass is 16.1. The number of aromatic nitrogens is 3. The van der Waals surface area contributed by atoms with Gasteiger partial charge in [-0.25, -0.2) is 9.97 Å². The van der Waals surface area contributed by atoms with Crippen LogP contribution in [-0.4, -0.2) is 20.4 Å². The van der Waals surface area contributed by atoms with Gasteiger partial charge in [-0.05, 0) is 12.1 Å². The molecular formula is C9H8N4O. The first-order valence-electron chi connectivity index (χ1n) is 4.01. The Bertz CT molecular complexity index is 450. The van der Waals surface area contributed by atoms with E-state index in [4.69, 9.17) is 5.73 Å². The summed E-state index contributed by atoms with van der Waals surface area (Å²) in [6, 6.07) is 3.19. The first-order valence-corrected chi connectivity index (χ1v) is 4.01. The van der Waals surface area contributed by atoms with E-state index >= 15 is 0 Å². The Morgan fingerprint density at radius 1 is 1.43 bits per heavy atom. The minimum absolute atomic E-state index is 0.434. The molecule has 0 atom stereocenters. The van der Waals surface area contributed by atoms with E-state index in [2.05, 4.69) is 9.97 Å². The number of pyridine rings is 1. The molecule has 0 spiro atoms. The zero-order valence-corrected chi connectivity index (χ0v) is 7.29. The van der Waals surface area contributed by atoms with E-state index in [9.17, 15) is 4.79 Å². The van der Waals surface area contributed by atoms with Gasteiger partial charge in [-0.15, -0.1) is 0 Å². The van der Waals surface area contributed by atoms with Crippen molar-refractivity contribution in [2.75, 3.05) is 0 Å². The molecule has 2 aromatic heterocycles. The monoisotopic (exact) mass is 188 g/mol. The lowest BCUT2D eigenvalue weighted by molar-refractivity contribution is 0.1000. The molecule has 0 bridgehead atoms. The number of hydrogen-bond acceptors (Lipinski definition) is 3. The molecule has 5 heteroatoms. The van der Waals surface area contributed by atoms with E-state index in [1.807, 2.05) is 0 Å². The molecule has 0 aliphatic carbocycles. The van der Waals surface area contributed by atoms with Crippen LogP contribution in [0.15, 0.2) is 37.1 Å². The van der Waals surface area contributed by atoms with Crippen molar-refractivity contribution in [2.24, 2.45) is 5.73 Å². The zero-order chi connectivity index (χ0) is 9.97. The molecule has 70 valence electrons. The summed E-state index contributed by atoms with van der Waals surface area (Å²) >= 11 is 0. The second-order valence-electron chi connectivity index (χ2n) is 2.74. The molecule has 0 aliphatic heterocycles. The Hall–Kier alpha value is -2.17. The molecule has 2 aromatic rings. The lowest BCUT2D eigenvalue weighted by Crippen LogP contribution is -2.11. The Morgan fingerprint density at radius 3 is 2.93 bits per heavy atom. The van der Waals surface area contributed by atoms with Crippen molar-refractivity contribution in [3.8, 4) is 5.82 Å². The van der Waals surface area contributed by atoms with Gasteiger partial charge in [0.25, 0.3) is 0 Å². The second kappa shape index (κ2) is 3.29. The maximum atomic E-state index is 10.9. The van der Waals surface area contributed by atoms with E-state index < -0.39 is 5.91 Å². The summed E-state index contributed by atoms with van der Waals surface area (Å²) in [7, 11) is 0. The molecule has 0 unspecified atom stereocenters. The van der Waals surface area contributed by atoms with Crippen molar-refractivity contribution in [1.82, 2.24) is 14.5 Å². The molecule has 0 aromatic carbocycles. The van der Waals surface area contributed by atoms with Crippen LogP contribution in [-0.2, 0) is 0 Å². The number of hydrogen-bond donors (Lipinski definition) is 1. The van der Waals surface area contributed by atoms with E-state index in [1.165, 1.54) is 6.20 Å². The zero-order valence-electron chi connectivity index (χ0n) is 7.29. The molecule has 0 fully saturated rings. The van der Waals surface area contributed by atoms with E-state index in [0.29, 0.717) is 11.4 Å². The lowest BCUT2D eigenvalue weighted by atomic mass is 10.2. The van der Waals surface area contributed by atoms with Crippen LogP contribution in [0.2, 0.25) is 0 Å². The average molecular weight is 188 g/mol. The molecule has 0 saturated carbocycles. The first kappa shape index (κ1) is 8.43. The van der Waals surface area contributed by atoms with Crippen LogP contribution >= 0.6 is 0 Å². The number of nitrogens with zero attached hydrogens (tertiary/aromatic N) is 3. The van der Waals surface area contributed by atoms with Crippen LogP contribution < -0.4 is 5.73 Å². The van der Waals surface area contributed by atoms with Crippen LogP contribution in [0.1, 0.15) is 10.4 Å². The van der Waals surface area contributed by atoms with E-state index in [0.717, 1.165) is 0 Å². The van der Waals surface area contributed by atoms with Gasteiger partial charge in [0.1, 0.15) is 12.1 Å². The molecule has 2 heterocycles. The van der Waals surface area contributed by atoms with Crippen LogP contribution in [0.4, 0.5) is 0 Å². The topological polar surface area (TPSA) is 73.8 Å². The Morgan fingerprint density at radius 2 is 2.29 bits per heavy atom. The highest BCUT2D eigenvalue weighted by Crippen LogP contribution is 2.05. The third kappa shape index (κ3) is 1.47. The standard InChI is InChI=1S/C9H8N4O/c10-9(14)7-1-2-12-8(5-7)13-4-3-11-6-13/h1-6H,(H2,10,14). The van der Waals surface area contributed by atoms with Crippen LogP contribution in [0, 0.1) is 0 Å². The molecule has 0 aliphatic rings. The van der Waals surface area contributed by atoms with Crippen LogP contribution in [0.3, 0.4) is 0 Å². The van der Waals surface area contributed by atoms with Gasteiger partial charge >= 0.3 is 0 Å². The SMILES string of the molecule is NC(=O)c1ccnc(-n2ccnc2)c1. The van der Waals surface area contributed by atoms with Gasteiger partial charge in [0.05, 0.1) is 0 Å².